The highest BCUT2D eigenvalue weighted by Crippen LogP contribution is 2.23. The molecule has 0 atom stereocenters. The van der Waals surface area contributed by atoms with Crippen molar-refractivity contribution in [2.45, 2.75) is 6.92 Å². The van der Waals surface area contributed by atoms with E-state index < -0.39 is 0 Å². The summed E-state index contributed by atoms with van der Waals surface area (Å²) >= 11 is 5.30. The summed E-state index contributed by atoms with van der Waals surface area (Å²) in [6.07, 6.45) is 1.69. The number of H-pyrrole nitrogens is 1. The molecule has 128 valence electrons. The van der Waals surface area contributed by atoms with E-state index in [0.717, 1.165) is 22.6 Å². The second-order valence-electron chi connectivity index (χ2n) is 5.11. The van der Waals surface area contributed by atoms with Crippen LogP contribution in [0.25, 0.3) is 11.4 Å². The summed E-state index contributed by atoms with van der Waals surface area (Å²) in [4.78, 5) is 0. The van der Waals surface area contributed by atoms with Gasteiger partial charge >= 0.3 is 0 Å². The Hall–Kier alpha value is -2.93. The van der Waals surface area contributed by atoms with Crippen LogP contribution in [-0.4, -0.2) is 34.8 Å². The lowest BCUT2D eigenvalue weighted by Gasteiger charge is -2.06. The summed E-state index contributed by atoms with van der Waals surface area (Å²) < 4.78 is 12.9. The van der Waals surface area contributed by atoms with Crippen LogP contribution in [0.4, 0.5) is 0 Å². The zero-order valence-corrected chi connectivity index (χ0v) is 14.8. The van der Waals surface area contributed by atoms with E-state index in [2.05, 4.69) is 15.3 Å². The number of hydrogen-bond donors (Lipinski definition) is 1. The summed E-state index contributed by atoms with van der Waals surface area (Å²) in [5.41, 5.74) is 1.71. The number of ether oxygens (including phenoxy) is 2. The molecule has 3 rings (SSSR count). The number of aromatic amines is 1. The van der Waals surface area contributed by atoms with Gasteiger partial charge in [-0.3, -0.25) is 0 Å². The Kier molecular flexibility index (Phi) is 5.25. The molecule has 25 heavy (non-hydrogen) atoms. The first-order valence-corrected chi connectivity index (χ1v) is 8.21. The van der Waals surface area contributed by atoms with Gasteiger partial charge in [0.1, 0.15) is 11.5 Å². The van der Waals surface area contributed by atoms with Gasteiger partial charge < -0.3 is 9.47 Å². The van der Waals surface area contributed by atoms with Crippen molar-refractivity contribution in [2.75, 3.05) is 13.7 Å². The van der Waals surface area contributed by atoms with Crippen LogP contribution in [0.15, 0.2) is 53.6 Å². The summed E-state index contributed by atoms with van der Waals surface area (Å²) in [5.74, 6) is 2.12. The molecule has 1 heterocycles. The van der Waals surface area contributed by atoms with E-state index in [4.69, 9.17) is 21.7 Å². The normalized spacial score (nSPS) is 11.0. The molecule has 0 aliphatic rings. The number of rotatable bonds is 6. The molecule has 0 fully saturated rings. The van der Waals surface area contributed by atoms with Crippen molar-refractivity contribution in [3.8, 4) is 22.9 Å². The number of para-hydroxylation sites is 1. The van der Waals surface area contributed by atoms with E-state index in [1.807, 2.05) is 55.5 Å². The second kappa shape index (κ2) is 7.76. The predicted molar refractivity (Wildman–Crippen MR) is 100 cm³/mol. The molecule has 0 spiro atoms. The lowest BCUT2D eigenvalue weighted by molar-refractivity contribution is 0.340. The molecule has 1 aromatic heterocycles. The van der Waals surface area contributed by atoms with Crippen molar-refractivity contribution < 1.29 is 9.47 Å². The van der Waals surface area contributed by atoms with Crippen molar-refractivity contribution in [1.82, 2.24) is 14.9 Å². The highest BCUT2D eigenvalue weighted by molar-refractivity contribution is 7.71. The standard InChI is InChI=1S/C18H18N4O2S/c1-3-24-15-9-6-8-13(11-15)17-20-21-18(25)22(17)19-12-14-7-4-5-10-16(14)23-2/h4-12H,3H2,1-2H3,(H,21,25). The molecule has 0 saturated carbocycles. The number of methoxy groups -OCH3 is 1. The summed E-state index contributed by atoms with van der Waals surface area (Å²) in [7, 11) is 1.63. The van der Waals surface area contributed by atoms with Gasteiger partial charge in [-0.2, -0.15) is 14.9 Å². The number of hydrogen-bond acceptors (Lipinski definition) is 5. The molecule has 3 aromatic rings. The molecule has 0 amide bonds. The van der Waals surface area contributed by atoms with Gasteiger partial charge in [-0.25, -0.2) is 5.10 Å². The minimum Gasteiger partial charge on any atom is -0.496 e. The highest BCUT2D eigenvalue weighted by Gasteiger charge is 2.09. The fourth-order valence-corrected chi connectivity index (χ4v) is 2.55. The zero-order chi connectivity index (χ0) is 17.6. The number of nitrogens with one attached hydrogen (secondary N) is 1. The molecule has 2 aromatic carbocycles. The first kappa shape index (κ1) is 16.9. The van der Waals surface area contributed by atoms with E-state index in [0.29, 0.717) is 17.2 Å². The molecule has 0 bridgehead atoms. The molecular weight excluding hydrogens is 336 g/mol. The van der Waals surface area contributed by atoms with Gasteiger partial charge in [-0.1, -0.05) is 24.3 Å². The molecule has 1 N–H and O–H groups in total. The number of nitrogens with zero attached hydrogens (tertiary/aromatic N) is 3. The van der Waals surface area contributed by atoms with Gasteiger partial charge in [0.15, 0.2) is 5.82 Å². The van der Waals surface area contributed by atoms with Crippen molar-refractivity contribution in [2.24, 2.45) is 5.10 Å². The van der Waals surface area contributed by atoms with Crippen LogP contribution < -0.4 is 9.47 Å². The van der Waals surface area contributed by atoms with Gasteiger partial charge in [0.25, 0.3) is 0 Å². The lowest BCUT2D eigenvalue weighted by Crippen LogP contribution is -1.97. The SMILES string of the molecule is CCOc1cccc(-c2n[nH]c(=S)n2N=Cc2ccccc2OC)c1. The summed E-state index contributed by atoms with van der Waals surface area (Å²) in [6.45, 7) is 2.54. The topological polar surface area (TPSA) is 64.4 Å². The Bertz CT molecular complexity index is 946. The summed E-state index contributed by atoms with van der Waals surface area (Å²) in [6, 6.07) is 15.3. The molecule has 0 aliphatic heterocycles. The molecule has 0 saturated heterocycles. The summed E-state index contributed by atoms with van der Waals surface area (Å²) in [5, 5.41) is 11.5. The van der Waals surface area contributed by atoms with E-state index in [1.165, 1.54) is 0 Å². The van der Waals surface area contributed by atoms with E-state index >= 15 is 0 Å². The van der Waals surface area contributed by atoms with E-state index in [9.17, 15) is 0 Å². The predicted octanol–water partition coefficient (Wildman–Crippen LogP) is 3.90. The van der Waals surface area contributed by atoms with E-state index in [-0.39, 0.29) is 0 Å². The first-order chi connectivity index (χ1) is 12.2. The maximum atomic E-state index is 5.55. The van der Waals surface area contributed by atoms with Gasteiger partial charge in [0, 0.05) is 11.1 Å². The zero-order valence-electron chi connectivity index (χ0n) is 14.0. The van der Waals surface area contributed by atoms with Crippen LogP contribution in [0.3, 0.4) is 0 Å². The Morgan fingerprint density at radius 3 is 2.88 bits per heavy atom. The maximum Gasteiger partial charge on any atom is 0.216 e. The van der Waals surface area contributed by atoms with Crippen LogP contribution in [-0.2, 0) is 0 Å². The fourth-order valence-electron chi connectivity index (χ4n) is 2.37. The Labute approximate surface area is 150 Å². The third-order valence-electron chi connectivity index (χ3n) is 3.50. The smallest absolute Gasteiger partial charge is 0.216 e. The molecule has 7 heteroatoms. The van der Waals surface area contributed by atoms with Gasteiger partial charge in [-0.15, -0.1) is 0 Å². The average Bonchev–Trinajstić information content (AvgIpc) is 3.01. The highest BCUT2D eigenvalue weighted by atomic mass is 32.1. The Morgan fingerprint density at radius 1 is 1.24 bits per heavy atom. The second-order valence-corrected chi connectivity index (χ2v) is 5.50. The third-order valence-corrected chi connectivity index (χ3v) is 3.77. The minimum atomic E-state index is 0.406. The lowest BCUT2D eigenvalue weighted by atomic mass is 10.2. The van der Waals surface area contributed by atoms with Crippen LogP contribution in [0.1, 0.15) is 12.5 Å². The third kappa shape index (κ3) is 3.77. The van der Waals surface area contributed by atoms with E-state index in [1.54, 1.807) is 18.0 Å². The van der Waals surface area contributed by atoms with Crippen LogP contribution in [0.2, 0.25) is 0 Å². The fraction of sp³-hybridized carbons (Fsp3) is 0.167. The molecule has 0 unspecified atom stereocenters. The van der Waals surface area contributed by atoms with Crippen molar-refractivity contribution in [1.29, 1.82) is 0 Å². The van der Waals surface area contributed by atoms with Crippen LogP contribution in [0.5, 0.6) is 11.5 Å². The van der Waals surface area contributed by atoms with Crippen LogP contribution >= 0.6 is 12.2 Å². The quantitative estimate of drug-likeness (QED) is 0.539. The molecule has 6 nitrogen and oxygen atoms in total. The van der Waals surface area contributed by atoms with Crippen molar-refractivity contribution >= 4 is 18.4 Å². The Balaban J connectivity index is 1.99. The molecule has 0 aliphatic carbocycles. The van der Waals surface area contributed by atoms with Crippen molar-refractivity contribution in [3.05, 3.63) is 58.9 Å². The number of aromatic nitrogens is 3. The van der Waals surface area contributed by atoms with Crippen molar-refractivity contribution in [3.63, 3.8) is 0 Å². The van der Waals surface area contributed by atoms with Gasteiger partial charge in [0.2, 0.25) is 4.77 Å². The van der Waals surface area contributed by atoms with Gasteiger partial charge in [0.05, 0.1) is 19.9 Å². The number of benzene rings is 2. The van der Waals surface area contributed by atoms with Crippen LogP contribution in [0, 0.1) is 4.77 Å². The largest absolute Gasteiger partial charge is 0.496 e. The molecular formula is C18H18N4O2S. The monoisotopic (exact) mass is 354 g/mol. The maximum absolute atomic E-state index is 5.55. The van der Waals surface area contributed by atoms with Gasteiger partial charge in [-0.05, 0) is 43.4 Å². The average molecular weight is 354 g/mol. The minimum absolute atomic E-state index is 0.406. The first-order valence-electron chi connectivity index (χ1n) is 7.81. The Morgan fingerprint density at radius 2 is 2.08 bits per heavy atom. The molecule has 0 radical (unpaired) electrons.